The Bertz CT molecular complexity index is 828. The highest BCUT2D eigenvalue weighted by atomic mass is 19.1. The van der Waals surface area contributed by atoms with Gasteiger partial charge in [-0.05, 0) is 57.1 Å². The molecule has 0 aromatic rings. The van der Waals surface area contributed by atoms with Gasteiger partial charge in [-0.15, -0.1) is 0 Å². The molecule has 27 heavy (non-hydrogen) atoms. The molecule has 0 aromatic heterocycles. The van der Waals surface area contributed by atoms with E-state index < -0.39 is 33.8 Å². The molecule has 0 spiro atoms. The van der Waals surface area contributed by atoms with Crippen molar-refractivity contribution in [1.82, 2.24) is 0 Å². The van der Waals surface area contributed by atoms with Crippen LogP contribution in [0.4, 0.5) is 4.39 Å². The minimum Gasteiger partial charge on any atom is -0.381 e. The van der Waals surface area contributed by atoms with E-state index in [1.807, 2.05) is 6.92 Å². The van der Waals surface area contributed by atoms with E-state index in [-0.39, 0.29) is 29.8 Å². The normalized spacial score (nSPS) is 51.3. The van der Waals surface area contributed by atoms with Crippen LogP contribution < -0.4 is 0 Å². The van der Waals surface area contributed by atoms with Crippen molar-refractivity contribution < 1.29 is 23.9 Å². The first-order chi connectivity index (χ1) is 12.4. The minimum absolute atomic E-state index is 0.157. The van der Waals surface area contributed by atoms with Gasteiger partial charge in [0.25, 0.3) is 0 Å². The number of carbonyl (C=O) groups is 3. The summed E-state index contributed by atoms with van der Waals surface area (Å²) in [4.78, 5) is 37.5. The second-order valence-electron chi connectivity index (χ2n) is 9.55. The molecule has 4 rings (SSSR count). The second-order valence-corrected chi connectivity index (χ2v) is 9.55. The predicted octanol–water partition coefficient (Wildman–Crippen LogP) is 3.13. The lowest BCUT2D eigenvalue weighted by Gasteiger charge is -2.59. The number of ketones is 3. The van der Waals surface area contributed by atoms with Crippen LogP contribution in [0.2, 0.25) is 0 Å². The average molecular weight is 374 g/mol. The molecule has 3 fully saturated rings. The lowest BCUT2D eigenvalue weighted by molar-refractivity contribution is -0.185. The smallest absolute Gasteiger partial charge is 0.184 e. The molecule has 0 radical (unpaired) electrons. The van der Waals surface area contributed by atoms with Gasteiger partial charge in [0.1, 0.15) is 5.60 Å². The molecule has 146 valence electrons. The summed E-state index contributed by atoms with van der Waals surface area (Å²) in [6.07, 6.45) is 5.76. The molecular weight excluding hydrogens is 347 g/mol. The summed E-state index contributed by atoms with van der Waals surface area (Å²) < 4.78 is 16.7. The fourth-order valence-electron chi connectivity index (χ4n) is 7.02. The van der Waals surface area contributed by atoms with Gasteiger partial charge in [0.2, 0.25) is 0 Å². The second kappa shape index (κ2) is 5.25. The Kier molecular flexibility index (Phi) is 3.64. The van der Waals surface area contributed by atoms with Crippen LogP contribution in [0, 0.1) is 28.6 Å². The largest absolute Gasteiger partial charge is 0.381 e. The van der Waals surface area contributed by atoms with Crippen LogP contribution in [0.3, 0.4) is 0 Å². The number of halogens is 1. The zero-order chi connectivity index (χ0) is 20.0. The Morgan fingerprint density at radius 1 is 1.26 bits per heavy atom. The number of fused-ring (bicyclic) bond motifs is 5. The van der Waals surface area contributed by atoms with Crippen LogP contribution in [0.5, 0.6) is 0 Å². The van der Waals surface area contributed by atoms with E-state index >= 15 is 4.39 Å². The zero-order valence-electron chi connectivity index (χ0n) is 16.3. The fourth-order valence-corrected chi connectivity index (χ4v) is 7.02. The van der Waals surface area contributed by atoms with Crippen LogP contribution in [0.1, 0.15) is 53.4 Å². The molecule has 0 amide bonds. The highest BCUT2D eigenvalue weighted by Crippen LogP contribution is 2.69. The number of hydrogen-bond donors (Lipinski definition) is 1. The van der Waals surface area contributed by atoms with Crippen LogP contribution in [0.25, 0.3) is 0 Å². The van der Waals surface area contributed by atoms with Crippen molar-refractivity contribution >= 4 is 17.3 Å². The Morgan fingerprint density at radius 3 is 2.56 bits per heavy atom. The highest BCUT2D eigenvalue weighted by molar-refractivity contribution is 6.02. The molecule has 4 nitrogen and oxygen atoms in total. The van der Waals surface area contributed by atoms with Crippen molar-refractivity contribution in [3.8, 4) is 0 Å². The van der Waals surface area contributed by atoms with Gasteiger partial charge in [0.15, 0.2) is 23.0 Å². The summed E-state index contributed by atoms with van der Waals surface area (Å²) in [5, 5.41) is 11.3. The Hall–Kier alpha value is -1.62. The lowest BCUT2D eigenvalue weighted by Crippen LogP contribution is -2.67. The van der Waals surface area contributed by atoms with E-state index in [2.05, 4.69) is 0 Å². The van der Waals surface area contributed by atoms with E-state index in [4.69, 9.17) is 0 Å². The molecule has 5 heteroatoms. The lowest BCUT2D eigenvalue weighted by atomic mass is 9.45. The first-order valence-electron chi connectivity index (χ1n) is 9.83. The van der Waals surface area contributed by atoms with Crippen molar-refractivity contribution in [3.05, 3.63) is 23.8 Å². The molecule has 3 saturated carbocycles. The van der Waals surface area contributed by atoms with Crippen LogP contribution >= 0.6 is 0 Å². The number of carbonyl (C=O) groups excluding carboxylic acids is 3. The Labute approximate surface area is 158 Å². The van der Waals surface area contributed by atoms with E-state index in [9.17, 15) is 19.5 Å². The van der Waals surface area contributed by atoms with E-state index in [0.717, 1.165) is 0 Å². The van der Waals surface area contributed by atoms with Gasteiger partial charge in [-0.2, -0.15) is 0 Å². The molecule has 0 saturated heterocycles. The minimum atomic E-state index is -2.11. The molecule has 0 heterocycles. The highest BCUT2D eigenvalue weighted by Gasteiger charge is 2.75. The predicted molar refractivity (Wildman–Crippen MR) is 97.5 cm³/mol. The zero-order valence-corrected chi connectivity index (χ0v) is 16.3. The molecule has 0 unspecified atom stereocenters. The summed E-state index contributed by atoms with van der Waals surface area (Å²) >= 11 is 0. The fraction of sp³-hybridized carbons (Fsp3) is 0.682. The maximum absolute atomic E-state index is 16.7. The number of rotatable bonds is 1. The third-order valence-corrected chi connectivity index (χ3v) is 8.52. The average Bonchev–Trinajstić information content (AvgIpc) is 2.79. The van der Waals surface area contributed by atoms with E-state index in [0.29, 0.717) is 24.8 Å². The SMILES string of the molecule is CC(=O)[C@@]1(O)[C@H](C)C[C@H]2[C@@H]3CCC4=CC(=O)C=C[C@]4(C)[C@@]3(F)C(=O)C[C@@]21C. The van der Waals surface area contributed by atoms with Gasteiger partial charge in [-0.3, -0.25) is 14.4 Å². The van der Waals surface area contributed by atoms with Gasteiger partial charge in [0, 0.05) is 23.2 Å². The quantitative estimate of drug-likeness (QED) is 0.765. The Balaban J connectivity index is 1.87. The van der Waals surface area contributed by atoms with Crippen molar-refractivity contribution in [2.75, 3.05) is 0 Å². The maximum atomic E-state index is 16.7. The standard InChI is InChI=1S/C22H27FO4/c1-12-9-17-16-6-5-14-10-15(25)7-8-19(14,3)21(16,23)18(26)11-20(17,4)22(12,27)13(2)24/h7-8,10,12,16-17,27H,5-6,9,11H2,1-4H3/t12-,16+,17+,19+,20+,21+,22+/m1/s1. The van der Waals surface area contributed by atoms with Crippen LogP contribution in [-0.2, 0) is 14.4 Å². The van der Waals surface area contributed by atoms with Crippen LogP contribution in [-0.4, -0.2) is 33.7 Å². The van der Waals surface area contributed by atoms with Crippen molar-refractivity contribution in [1.29, 1.82) is 0 Å². The summed E-state index contributed by atoms with van der Waals surface area (Å²) in [7, 11) is 0. The number of alkyl halides is 1. The maximum Gasteiger partial charge on any atom is 0.184 e. The number of aliphatic hydroxyl groups is 1. The molecule has 0 aromatic carbocycles. The van der Waals surface area contributed by atoms with E-state index in [1.165, 1.54) is 19.1 Å². The molecule has 7 atom stereocenters. The van der Waals surface area contributed by atoms with E-state index in [1.54, 1.807) is 19.9 Å². The summed E-state index contributed by atoms with van der Waals surface area (Å²) in [6.45, 7) is 6.69. The van der Waals surface area contributed by atoms with Gasteiger partial charge in [-0.1, -0.05) is 25.5 Å². The van der Waals surface area contributed by atoms with Crippen molar-refractivity contribution in [2.24, 2.45) is 28.6 Å². The summed E-state index contributed by atoms with van der Waals surface area (Å²) in [6, 6.07) is 0. The first kappa shape index (κ1) is 18.7. The van der Waals surface area contributed by atoms with Gasteiger partial charge >= 0.3 is 0 Å². The third-order valence-electron chi connectivity index (χ3n) is 8.52. The number of allylic oxidation sites excluding steroid dienone is 4. The van der Waals surface area contributed by atoms with Gasteiger partial charge in [-0.25, -0.2) is 4.39 Å². The monoisotopic (exact) mass is 374 g/mol. The summed E-state index contributed by atoms with van der Waals surface area (Å²) in [5.41, 5.74) is -5.13. The number of Topliss-reactive ketones (excluding diaryl/α,β-unsaturated/α-hetero) is 2. The third kappa shape index (κ3) is 1.89. The molecule has 1 N–H and O–H groups in total. The topological polar surface area (TPSA) is 71.4 Å². The summed E-state index contributed by atoms with van der Waals surface area (Å²) in [5.74, 6) is -2.21. The molecule has 4 aliphatic rings. The Morgan fingerprint density at radius 2 is 1.93 bits per heavy atom. The molecular formula is C22H27FO4. The number of hydrogen-bond acceptors (Lipinski definition) is 4. The van der Waals surface area contributed by atoms with Crippen molar-refractivity contribution in [2.45, 2.75) is 64.6 Å². The van der Waals surface area contributed by atoms with Crippen molar-refractivity contribution in [3.63, 3.8) is 0 Å². The molecule has 0 bridgehead atoms. The first-order valence-corrected chi connectivity index (χ1v) is 9.83. The molecule has 0 aliphatic heterocycles. The van der Waals surface area contributed by atoms with Gasteiger partial charge < -0.3 is 5.11 Å². The van der Waals surface area contributed by atoms with Gasteiger partial charge in [0.05, 0.1) is 0 Å². The molecule has 4 aliphatic carbocycles. The van der Waals surface area contributed by atoms with Crippen LogP contribution in [0.15, 0.2) is 23.8 Å².